The van der Waals surface area contributed by atoms with E-state index in [-0.39, 0.29) is 23.7 Å². The molecule has 2 heterocycles. The second-order valence-electron chi connectivity index (χ2n) is 13.5. The molecule has 2 amide bonds. The van der Waals surface area contributed by atoms with Crippen molar-refractivity contribution in [1.29, 1.82) is 0 Å². The first-order chi connectivity index (χ1) is 22.2. The van der Waals surface area contributed by atoms with E-state index >= 15 is 0 Å². The fourth-order valence-electron chi connectivity index (χ4n) is 4.76. The molecule has 0 unspecified atom stereocenters. The summed E-state index contributed by atoms with van der Waals surface area (Å²) in [5.41, 5.74) is -3.15. The minimum Gasteiger partial charge on any atom is -0.493 e. The normalized spacial score (nSPS) is 17.0. The van der Waals surface area contributed by atoms with E-state index in [9.17, 15) is 31.5 Å². The fourth-order valence-corrected chi connectivity index (χ4v) is 4.76. The van der Waals surface area contributed by atoms with Gasteiger partial charge in [0, 0.05) is 12.0 Å². The van der Waals surface area contributed by atoms with Crippen LogP contribution >= 0.6 is 0 Å². The van der Waals surface area contributed by atoms with Crippen LogP contribution in [-0.2, 0) is 15.7 Å². The number of carbonyl (C=O) groups is 2. The number of carbonyl (C=O) groups excluding carboxylic acids is 2. The minimum atomic E-state index is -4.77. The number of benzene rings is 1. The molecule has 3 rings (SSSR count). The molecule has 1 aromatic carbocycles. The van der Waals surface area contributed by atoms with Gasteiger partial charge in [0.25, 0.3) is 5.92 Å². The van der Waals surface area contributed by atoms with Crippen molar-refractivity contribution in [1.82, 2.24) is 20.4 Å². The highest BCUT2D eigenvalue weighted by molar-refractivity contribution is 5.99. The molecule has 0 saturated carbocycles. The van der Waals surface area contributed by atoms with E-state index in [1.807, 2.05) is 0 Å². The lowest BCUT2D eigenvalue weighted by Crippen LogP contribution is -2.47. The van der Waals surface area contributed by atoms with Crippen LogP contribution in [0.4, 0.5) is 31.5 Å². The summed E-state index contributed by atoms with van der Waals surface area (Å²) < 4.78 is 92.9. The molecule has 0 spiro atoms. The van der Waals surface area contributed by atoms with Gasteiger partial charge in [-0.25, -0.2) is 18.4 Å². The second kappa shape index (κ2) is 15.5. The Labute approximate surface area is 276 Å². The molecule has 1 N–H and O–H groups in total. The maximum Gasteiger partial charge on any atom is 0.437 e. The van der Waals surface area contributed by atoms with Crippen LogP contribution in [-0.4, -0.2) is 63.5 Å². The van der Waals surface area contributed by atoms with Gasteiger partial charge < -0.3 is 23.6 Å². The van der Waals surface area contributed by atoms with E-state index in [2.05, 4.69) is 27.4 Å². The number of nitrogens with one attached hydrogen (secondary N) is 1. The van der Waals surface area contributed by atoms with Gasteiger partial charge >= 0.3 is 18.4 Å². The number of aliphatic imine (C=N–C) groups is 1. The Morgan fingerprint density at radius 3 is 2.29 bits per heavy atom. The quantitative estimate of drug-likeness (QED) is 0.113. The predicted molar refractivity (Wildman–Crippen MR) is 166 cm³/mol. The molecule has 1 aliphatic rings. The van der Waals surface area contributed by atoms with Gasteiger partial charge in [0.15, 0.2) is 0 Å². The van der Waals surface area contributed by atoms with Crippen molar-refractivity contribution in [3.8, 4) is 17.1 Å². The molecule has 1 aliphatic heterocycles. The summed E-state index contributed by atoms with van der Waals surface area (Å²) in [6.45, 7) is 10.6. The van der Waals surface area contributed by atoms with Crippen molar-refractivity contribution in [3.63, 3.8) is 0 Å². The van der Waals surface area contributed by atoms with E-state index in [1.54, 1.807) is 41.5 Å². The van der Waals surface area contributed by atoms with E-state index in [0.29, 0.717) is 6.42 Å². The molecule has 0 radical (unpaired) electrons. The standard InChI is InChI=1S/C32H44F5N5O6/c1-8-9-10-11-12-13-16-45-23-15-14-20(17-21(23)32(35,36)37)24-38-25(48-41-24)22-18-31(33,34)19-42(22)26(39-27(43)46-29(2,3)4)40-28(44)47-30(5,6)7/h14-15,17,22H,8-13,16,18-19H2,1-7H3,(H,39,40,43,44)/t22-/m0/s1. The van der Waals surface area contributed by atoms with Crippen LogP contribution in [0, 0.1) is 0 Å². The number of amides is 2. The molecule has 11 nitrogen and oxygen atoms in total. The monoisotopic (exact) mass is 689 g/mol. The average Bonchev–Trinajstić information content (AvgIpc) is 3.54. The van der Waals surface area contributed by atoms with Crippen molar-refractivity contribution < 1.29 is 50.3 Å². The predicted octanol–water partition coefficient (Wildman–Crippen LogP) is 8.69. The largest absolute Gasteiger partial charge is 0.493 e. The Morgan fingerprint density at radius 1 is 1.02 bits per heavy atom. The molecule has 1 atom stereocenters. The number of hydrogen-bond donors (Lipinski definition) is 1. The van der Waals surface area contributed by atoms with E-state index in [1.165, 1.54) is 6.07 Å². The van der Waals surface area contributed by atoms with Crippen molar-refractivity contribution >= 4 is 18.1 Å². The van der Waals surface area contributed by atoms with E-state index < -0.39 is 71.9 Å². The molecule has 48 heavy (non-hydrogen) atoms. The zero-order valence-corrected chi connectivity index (χ0v) is 28.3. The molecule has 2 aromatic rings. The maximum atomic E-state index is 14.9. The van der Waals surface area contributed by atoms with Crippen molar-refractivity contribution in [2.45, 2.75) is 123 Å². The summed E-state index contributed by atoms with van der Waals surface area (Å²) in [6.07, 6.45) is -2.32. The van der Waals surface area contributed by atoms with Gasteiger partial charge in [0.05, 0.1) is 18.7 Å². The van der Waals surface area contributed by atoms with Gasteiger partial charge in [-0.15, -0.1) is 4.99 Å². The Morgan fingerprint density at radius 2 is 1.67 bits per heavy atom. The number of likely N-dealkylation sites (tertiary alicyclic amines) is 1. The molecule has 0 bridgehead atoms. The van der Waals surface area contributed by atoms with Gasteiger partial charge in [-0.05, 0) is 66.2 Å². The van der Waals surface area contributed by atoms with Crippen LogP contribution < -0.4 is 10.1 Å². The maximum absolute atomic E-state index is 14.9. The Hall–Kier alpha value is -3.98. The number of aromatic nitrogens is 2. The summed E-state index contributed by atoms with van der Waals surface area (Å²) in [5, 5.41) is 5.97. The van der Waals surface area contributed by atoms with Crippen molar-refractivity contribution in [2.75, 3.05) is 13.2 Å². The molecule has 16 heteroatoms. The lowest BCUT2D eigenvalue weighted by molar-refractivity contribution is -0.138. The third-order valence-electron chi connectivity index (χ3n) is 6.77. The van der Waals surface area contributed by atoms with Crippen LogP contribution in [0.1, 0.15) is 111 Å². The van der Waals surface area contributed by atoms with Crippen LogP contribution in [0.25, 0.3) is 11.4 Å². The summed E-state index contributed by atoms with van der Waals surface area (Å²) in [6, 6.07) is 1.81. The summed E-state index contributed by atoms with van der Waals surface area (Å²) in [7, 11) is 0. The first-order valence-corrected chi connectivity index (χ1v) is 15.8. The first kappa shape index (κ1) is 38.5. The molecule has 1 aromatic heterocycles. The third kappa shape index (κ3) is 11.9. The number of alkyl halides is 5. The minimum absolute atomic E-state index is 0.102. The zero-order valence-electron chi connectivity index (χ0n) is 28.3. The summed E-state index contributed by atoms with van der Waals surface area (Å²) >= 11 is 0. The zero-order chi connectivity index (χ0) is 35.9. The highest BCUT2D eigenvalue weighted by atomic mass is 19.4. The highest BCUT2D eigenvalue weighted by Crippen LogP contribution is 2.42. The van der Waals surface area contributed by atoms with Crippen LogP contribution in [0.15, 0.2) is 27.7 Å². The van der Waals surface area contributed by atoms with Gasteiger partial charge in [-0.2, -0.15) is 18.2 Å². The number of ether oxygens (including phenoxy) is 3. The van der Waals surface area contributed by atoms with Gasteiger partial charge in [-0.3, -0.25) is 5.32 Å². The number of halogens is 5. The van der Waals surface area contributed by atoms with Crippen LogP contribution in [0.5, 0.6) is 5.75 Å². The summed E-state index contributed by atoms with van der Waals surface area (Å²) in [5.74, 6) is -5.10. The fraction of sp³-hybridized carbons (Fsp3) is 0.656. The first-order valence-electron chi connectivity index (χ1n) is 15.8. The summed E-state index contributed by atoms with van der Waals surface area (Å²) in [4.78, 5) is 33.9. The number of unbranched alkanes of at least 4 members (excludes halogenated alkanes) is 5. The van der Waals surface area contributed by atoms with Gasteiger partial charge in [0.1, 0.15) is 23.0 Å². The number of hydrogen-bond acceptors (Lipinski definition) is 8. The SMILES string of the molecule is CCCCCCCCOc1ccc(-c2noc([C@@H]3CC(F)(F)CN3C(=NC(=O)OC(C)(C)C)NC(=O)OC(C)(C)C)n2)cc1C(F)(F)F. The molecule has 0 aliphatic carbocycles. The molecular formula is C32H44F5N5O6. The number of nitrogens with zero attached hydrogens (tertiary/aromatic N) is 4. The highest BCUT2D eigenvalue weighted by Gasteiger charge is 2.50. The second-order valence-corrected chi connectivity index (χ2v) is 13.5. The molecule has 1 fully saturated rings. The number of guanidine groups is 1. The molecule has 1 saturated heterocycles. The third-order valence-corrected chi connectivity index (χ3v) is 6.77. The van der Waals surface area contributed by atoms with E-state index in [0.717, 1.165) is 49.1 Å². The average molecular weight is 690 g/mol. The van der Waals surface area contributed by atoms with Crippen molar-refractivity contribution in [2.24, 2.45) is 4.99 Å². The van der Waals surface area contributed by atoms with Crippen LogP contribution in [0.2, 0.25) is 0 Å². The Bertz CT molecular complexity index is 1430. The van der Waals surface area contributed by atoms with Crippen LogP contribution in [0.3, 0.4) is 0 Å². The Balaban J connectivity index is 1.90. The molecular weight excluding hydrogens is 645 g/mol. The number of rotatable bonds is 10. The van der Waals surface area contributed by atoms with Crippen molar-refractivity contribution in [3.05, 3.63) is 29.7 Å². The van der Waals surface area contributed by atoms with Gasteiger partial charge in [-0.1, -0.05) is 44.2 Å². The lowest BCUT2D eigenvalue weighted by atomic mass is 10.1. The Kier molecular flexibility index (Phi) is 12.4. The van der Waals surface area contributed by atoms with Gasteiger partial charge in [0.2, 0.25) is 17.7 Å². The van der Waals surface area contributed by atoms with E-state index in [4.69, 9.17) is 18.7 Å². The smallest absolute Gasteiger partial charge is 0.437 e. The lowest BCUT2D eigenvalue weighted by Gasteiger charge is -2.27. The topological polar surface area (TPSA) is 128 Å². The number of alkyl carbamates (subject to hydrolysis) is 1. The molecule has 268 valence electrons.